The number of esters is 1. The fourth-order valence-corrected chi connectivity index (χ4v) is 1.91. The van der Waals surface area contributed by atoms with Crippen LogP contribution in [0.5, 0.6) is 5.75 Å². The Kier molecular flexibility index (Phi) is 3.85. The highest BCUT2D eigenvalue weighted by Gasteiger charge is 2.12. The first kappa shape index (κ1) is 13.1. The van der Waals surface area contributed by atoms with Gasteiger partial charge in [0.25, 0.3) is 0 Å². The summed E-state index contributed by atoms with van der Waals surface area (Å²) >= 11 is 0. The summed E-state index contributed by atoms with van der Waals surface area (Å²) in [7, 11) is 1.35. The smallest absolute Gasteiger partial charge is 0.305 e. The summed E-state index contributed by atoms with van der Waals surface area (Å²) < 4.78 is 10.1. The predicted molar refractivity (Wildman–Crippen MR) is 68.2 cm³/mol. The molecule has 0 aliphatic carbocycles. The average molecular weight is 262 g/mol. The first-order valence-corrected chi connectivity index (χ1v) is 5.92. The van der Waals surface area contributed by atoms with Gasteiger partial charge in [-0.1, -0.05) is 0 Å². The molecule has 2 rings (SSSR count). The summed E-state index contributed by atoms with van der Waals surface area (Å²) in [6.07, 6.45) is 2.12. The normalized spacial score (nSPS) is 10.6. The van der Waals surface area contributed by atoms with Crippen LogP contribution in [0, 0.1) is 0 Å². The van der Waals surface area contributed by atoms with Gasteiger partial charge in [-0.25, -0.2) is 0 Å². The maximum atomic E-state index is 11.0. The van der Waals surface area contributed by atoms with Crippen LogP contribution >= 0.6 is 0 Å². The van der Waals surface area contributed by atoms with Crippen molar-refractivity contribution in [2.75, 3.05) is 7.11 Å². The van der Waals surface area contributed by atoms with Crippen LogP contribution in [0.25, 0.3) is 11.0 Å². The lowest BCUT2D eigenvalue weighted by Gasteiger charge is -1.97. The van der Waals surface area contributed by atoms with E-state index in [9.17, 15) is 14.7 Å². The number of aldehydes is 1. The van der Waals surface area contributed by atoms with Crippen LogP contribution in [0.4, 0.5) is 0 Å². The standard InChI is InChI=1S/C14H14O5/c1-18-13(17)4-2-3-10-7-11-12(16)6-5-9(8-15)14(11)19-10/h5-8,16H,2-4H2,1H3. The molecule has 0 unspecified atom stereocenters. The number of aryl methyl sites for hydroxylation is 1. The monoisotopic (exact) mass is 262 g/mol. The van der Waals surface area contributed by atoms with Crippen molar-refractivity contribution in [3.05, 3.63) is 29.5 Å². The van der Waals surface area contributed by atoms with Crippen LogP contribution in [0.2, 0.25) is 0 Å². The van der Waals surface area contributed by atoms with Crippen molar-refractivity contribution in [1.29, 1.82) is 0 Å². The van der Waals surface area contributed by atoms with E-state index in [-0.39, 0.29) is 11.7 Å². The predicted octanol–water partition coefficient (Wildman–Crippen LogP) is 2.45. The van der Waals surface area contributed by atoms with Crippen LogP contribution in [0.1, 0.15) is 29.0 Å². The molecule has 0 amide bonds. The van der Waals surface area contributed by atoms with E-state index in [4.69, 9.17) is 4.42 Å². The van der Waals surface area contributed by atoms with Gasteiger partial charge in [0.1, 0.15) is 17.1 Å². The SMILES string of the molecule is COC(=O)CCCc1cc2c(O)ccc(C=O)c2o1. The molecular formula is C14H14O5. The molecule has 5 heteroatoms. The molecule has 5 nitrogen and oxygen atoms in total. The summed E-state index contributed by atoms with van der Waals surface area (Å²) in [6, 6.07) is 4.65. The molecule has 100 valence electrons. The highest BCUT2D eigenvalue weighted by atomic mass is 16.5. The third-order valence-corrected chi connectivity index (χ3v) is 2.90. The molecule has 0 saturated carbocycles. The van der Waals surface area contributed by atoms with Gasteiger partial charge >= 0.3 is 5.97 Å². The molecule has 1 heterocycles. The molecule has 0 aliphatic heterocycles. The number of aromatic hydroxyl groups is 1. The van der Waals surface area contributed by atoms with E-state index in [0.717, 1.165) is 0 Å². The quantitative estimate of drug-likeness (QED) is 0.661. The molecule has 0 radical (unpaired) electrons. The third-order valence-electron chi connectivity index (χ3n) is 2.90. The molecule has 0 aliphatic rings. The molecule has 19 heavy (non-hydrogen) atoms. The van der Waals surface area contributed by atoms with Gasteiger partial charge < -0.3 is 14.3 Å². The summed E-state index contributed by atoms with van der Waals surface area (Å²) in [5.41, 5.74) is 0.773. The largest absolute Gasteiger partial charge is 0.507 e. The Morgan fingerprint density at radius 1 is 1.47 bits per heavy atom. The maximum absolute atomic E-state index is 11.0. The number of furan rings is 1. The van der Waals surface area contributed by atoms with Crippen LogP contribution in [0.3, 0.4) is 0 Å². The van der Waals surface area contributed by atoms with Crippen LogP contribution < -0.4 is 0 Å². The first-order valence-electron chi connectivity index (χ1n) is 5.92. The molecule has 1 aromatic carbocycles. The van der Waals surface area contributed by atoms with Crippen molar-refractivity contribution in [3.63, 3.8) is 0 Å². The second kappa shape index (κ2) is 5.56. The zero-order valence-electron chi connectivity index (χ0n) is 10.5. The fraction of sp³-hybridized carbons (Fsp3) is 0.286. The third kappa shape index (κ3) is 2.76. The summed E-state index contributed by atoms with van der Waals surface area (Å²) in [5, 5.41) is 10.2. The Bertz CT molecular complexity index is 612. The number of carbonyl (C=O) groups is 2. The number of carbonyl (C=O) groups excluding carboxylic acids is 2. The van der Waals surface area contributed by atoms with E-state index in [1.165, 1.54) is 19.2 Å². The number of benzene rings is 1. The second-order valence-electron chi connectivity index (χ2n) is 4.18. The van der Waals surface area contributed by atoms with Crippen LogP contribution in [-0.4, -0.2) is 24.5 Å². The summed E-state index contributed by atoms with van der Waals surface area (Å²) in [6.45, 7) is 0. The lowest BCUT2D eigenvalue weighted by atomic mass is 10.1. The minimum atomic E-state index is -0.271. The van der Waals surface area contributed by atoms with Gasteiger partial charge in [-0.2, -0.15) is 0 Å². The van der Waals surface area contributed by atoms with Crippen molar-refractivity contribution in [3.8, 4) is 5.75 Å². The highest BCUT2D eigenvalue weighted by Crippen LogP contribution is 2.30. The fourth-order valence-electron chi connectivity index (χ4n) is 1.91. The van der Waals surface area contributed by atoms with Gasteiger partial charge in [0.05, 0.1) is 18.1 Å². The zero-order valence-corrected chi connectivity index (χ0v) is 10.5. The molecular weight excluding hydrogens is 248 g/mol. The number of phenols is 1. The summed E-state index contributed by atoms with van der Waals surface area (Å²) in [5.74, 6) is 0.430. The Balaban J connectivity index is 2.19. The number of phenolic OH excluding ortho intramolecular Hbond substituents is 1. The van der Waals surface area contributed by atoms with Gasteiger partial charge in [0.15, 0.2) is 6.29 Å². The van der Waals surface area contributed by atoms with E-state index < -0.39 is 0 Å². The Labute approximate surface area is 109 Å². The van der Waals surface area contributed by atoms with Crippen molar-refractivity contribution in [1.82, 2.24) is 0 Å². The lowest BCUT2D eigenvalue weighted by molar-refractivity contribution is -0.140. The van der Waals surface area contributed by atoms with E-state index in [1.807, 2.05) is 0 Å². The Hall–Kier alpha value is -2.30. The average Bonchev–Trinajstić information content (AvgIpc) is 2.84. The maximum Gasteiger partial charge on any atom is 0.305 e. The molecule has 1 N–H and O–H groups in total. The molecule has 0 spiro atoms. The van der Waals surface area contributed by atoms with E-state index >= 15 is 0 Å². The Morgan fingerprint density at radius 2 is 2.26 bits per heavy atom. The minimum absolute atomic E-state index is 0.0727. The summed E-state index contributed by atoms with van der Waals surface area (Å²) in [4.78, 5) is 21.9. The molecule has 1 aromatic heterocycles. The van der Waals surface area contributed by atoms with Crippen LogP contribution in [0.15, 0.2) is 22.6 Å². The van der Waals surface area contributed by atoms with E-state index in [0.29, 0.717) is 47.8 Å². The number of hydrogen-bond donors (Lipinski definition) is 1. The lowest BCUT2D eigenvalue weighted by Crippen LogP contribution is -2.00. The van der Waals surface area contributed by atoms with Gasteiger partial charge in [-0.15, -0.1) is 0 Å². The minimum Gasteiger partial charge on any atom is -0.507 e. The molecule has 0 bridgehead atoms. The van der Waals surface area contributed by atoms with E-state index in [2.05, 4.69) is 4.74 Å². The molecule has 0 atom stereocenters. The topological polar surface area (TPSA) is 76.7 Å². The van der Waals surface area contributed by atoms with Crippen molar-refractivity contribution < 1.29 is 23.8 Å². The number of rotatable bonds is 5. The first-order chi connectivity index (χ1) is 9.15. The highest BCUT2D eigenvalue weighted by molar-refractivity contribution is 5.97. The molecule has 0 saturated heterocycles. The van der Waals surface area contributed by atoms with Crippen LogP contribution in [-0.2, 0) is 16.0 Å². The molecule has 2 aromatic rings. The van der Waals surface area contributed by atoms with Crippen molar-refractivity contribution in [2.45, 2.75) is 19.3 Å². The van der Waals surface area contributed by atoms with E-state index in [1.54, 1.807) is 6.07 Å². The van der Waals surface area contributed by atoms with Gasteiger partial charge in [-0.05, 0) is 24.6 Å². The van der Waals surface area contributed by atoms with Crippen molar-refractivity contribution >= 4 is 23.2 Å². The molecule has 0 fully saturated rings. The number of methoxy groups -OCH3 is 1. The zero-order chi connectivity index (χ0) is 13.8. The number of fused-ring (bicyclic) bond motifs is 1. The number of hydrogen-bond acceptors (Lipinski definition) is 5. The number of ether oxygens (including phenoxy) is 1. The van der Waals surface area contributed by atoms with Gasteiger partial charge in [0.2, 0.25) is 0 Å². The second-order valence-corrected chi connectivity index (χ2v) is 4.18. The van der Waals surface area contributed by atoms with Gasteiger partial charge in [0, 0.05) is 12.8 Å². The van der Waals surface area contributed by atoms with Crippen molar-refractivity contribution in [2.24, 2.45) is 0 Å². The van der Waals surface area contributed by atoms with Gasteiger partial charge in [-0.3, -0.25) is 9.59 Å². The Morgan fingerprint density at radius 3 is 2.95 bits per heavy atom.